The Bertz CT molecular complexity index is 903. The quantitative estimate of drug-likeness (QED) is 0.620. The summed E-state index contributed by atoms with van der Waals surface area (Å²) in [7, 11) is 0. The number of ether oxygens (including phenoxy) is 1. The van der Waals surface area contributed by atoms with Gasteiger partial charge in [-0.15, -0.1) is 0 Å². The van der Waals surface area contributed by atoms with Gasteiger partial charge in [-0.25, -0.2) is 0 Å². The molecule has 0 saturated carbocycles. The minimum atomic E-state index is -0.167. The van der Waals surface area contributed by atoms with E-state index in [0.29, 0.717) is 5.75 Å². The van der Waals surface area contributed by atoms with Crippen molar-refractivity contribution < 1.29 is 13.9 Å². The highest BCUT2D eigenvalue weighted by Crippen LogP contribution is 2.15. The van der Waals surface area contributed by atoms with E-state index in [1.54, 1.807) is 6.26 Å². The second kappa shape index (κ2) is 10.1. The van der Waals surface area contributed by atoms with Crippen molar-refractivity contribution in [1.29, 1.82) is 0 Å². The number of hydrogen-bond donors (Lipinski definition) is 1. The molecule has 156 valence electrons. The maximum atomic E-state index is 12.1. The van der Waals surface area contributed by atoms with Gasteiger partial charge in [0.05, 0.1) is 12.8 Å². The Hall–Kier alpha value is -3.09. The molecule has 1 aliphatic heterocycles. The Morgan fingerprint density at radius 2 is 1.57 bits per heavy atom. The summed E-state index contributed by atoms with van der Waals surface area (Å²) < 4.78 is 10.9. The fourth-order valence-electron chi connectivity index (χ4n) is 3.54. The minimum Gasteiger partial charge on any atom is -0.484 e. The van der Waals surface area contributed by atoms with Crippen molar-refractivity contribution in [1.82, 2.24) is 9.80 Å². The molecule has 2 heterocycles. The number of hydrogen-bond acceptors (Lipinski definition) is 5. The number of nitrogens with one attached hydrogen (secondary N) is 1. The average Bonchev–Trinajstić information content (AvgIpc) is 3.29. The molecular weight excluding hydrogens is 378 g/mol. The van der Waals surface area contributed by atoms with Gasteiger partial charge in [0.25, 0.3) is 5.91 Å². The van der Waals surface area contributed by atoms with Crippen molar-refractivity contribution in [3.05, 3.63) is 84.3 Å². The van der Waals surface area contributed by atoms with Crippen molar-refractivity contribution in [2.45, 2.75) is 13.1 Å². The van der Waals surface area contributed by atoms with E-state index in [1.807, 2.05) is 54.6 Å². The van der Waals surface area contributed by atoms with Crippen LogP contribution >= 0.6 is 0 Å². The third-order valence-electron chi connectivity index (χ3n) is 5.18. The molecule has 0 aliphatic carbocycles. The first-order valence-electron chi connectivity index (χ1n) is 10.3. The number of anilines is 1. The van der Waals surface area contributed by atoms with Crippen LogP contribution in [0.5, 0.6) is 5.75 Å². The number of carbonyl (C=O) groups is 1. The van der Waals surface area contributed by atoms with E-state index in [0.717, 1.165) is 50.7 Å². The third kappa shape index (κ3) is 5.95. The van der Waals surface area contributed by atoms with E-state index < -0.39 is 0 Å². The first-order valence-corrected chi connectivity index (χ1v) is 10.3. The second-order valence-corrected chi connectivity index (χ2v) is 7.48. The number of rotatable bonds is 8. The molecular formula is C24H27N3O3. The highest BCUT2D eigenvalue weighted by Gasteiger charge is 2.17. The predicted molar refractivity (Wildman–Crippen MR) is 116 cm³/mol. The van der Waals surface area contributed by atoms with Crippen LogP contribution in [-0.2, 0) is 17.9 Å². The van der Waals surface area contributed by atoms with Gasteiger partial charge >= 0.3 is 0 Å². The van der Waals surface area contributed by atoms with E-state index >= 15 is 0 Å². The molecule has 2 aromatic carbocycles. The normalized spacial score (nSPS) is 15.1. The van der Waals surface area contributed by atoms with E-state index in [-0.39, 0.29) is 12.5 Å². The predicted octanol–water partition coefficient (Wildman–Crippen LogP) is 3.61. The number of para-hydroxylation sites is 1. The highest BCUT2D eigenvalue weighted by atomic mass is 16.5. The lowest BCUT2D eigenvalue weighted by Crippen LogP contribution is -2.45. The molecule has 0 atom stereocenters. The third-order valence-corrected chi connectivity index (χ3v) is 5.18. The number of amides is 1. The molecule has 0 spiro atoms. The summed E-state index contributed by atoms with van der Waals surface area (Å²) in [4.78, 5) is 17.0. The van der Waals surface area contributed by atoms with Crippen LogP contribution in [0.25, 0.3) is 0 Å². The maximum absolute atomic E-state index is 12.1. The summed E-state index contributed by atoms with van der Waals surface area (Å²) in [6, 6.07) is 21.3. The molecule has 0 radical (unpaired) electrons. The maximum Gasteiger partial charge on any atom is 0.262 e. The Labute approximate surface area is 177 Å². The van der Waals surface area contributed by atoms with Crippen LogP contribution < -0.4 is 10.1 Å². The van der Waals surface area contributed by atoms with Gasteiger partial charge in [-0.2, -0.15) is 0 Å². The topological polar surface area (TPSA) is 58.0 Å². The molecule has 1 N–H and O–H groups in total. The van der Waals surface area contributed by atoms with Crippen LogP contribution in [-0.4, -0.2) is 48.5 Å². The zero-order valence-corrected chi connectivity index (χ0v) is 17.0. The van der Waals surface area contributed by atoms with E-state index in [9.17, 15) is 4.79 Å². The molecule has 1 amide bonds. The lowest BCUT2D eigenvalue weighted by atomic mass is 10.1. The zero-order chi connectivity index (χ0) is 20.6. The van der Waals surface area contributed by atoms with Crippen molar-refractivity contribution >= 4 is 11.6 Å². The molecule has 1 fully saturated rings. The van der Waals surface area contributed by atoms with Gasteiger partial charge in [-0.1, -0.05) is 30.3 Å². The Kier molecular flexibility index (Phi) is 6.79. The minimum absolute atomic E-state index is 0.00590. The van der Waals surface area contributed by atoms with Gasteiger partial charge in [-0.3, -0.25) is 14.6 Å². The van der Waals surface area contributed by atoms with Crippen molar-refractivity contribution in [2.75, 3.05) is 38.1 Å². The van der Waals surface area contributed by atoms with Crippen LogP contribution in [0.4, 0.5) is 5.69 Å². The number of carbonyl (C=O) groups excluding carboxylic acids is 1. The largest absolute Gasteiger partial charge is 0.484 e. The zero-order valence-electron chi connectivity index (χ0n) is 17.0. The molecule has 3 aromatic rings. The van der Waals surface area contributed by atoms with Gasteiger partial charge in [0.1, 0.15) is 11.5 Å². The summed E-state index contributed by atoms with van der Waals surface area (Å²) in [5, 5.41) is 2.88. The van der Waals surface area contributed by atoms with Crippen molar-refractivity contribution in [2.24, 2.45) is 0 Å². The fraction of sp³-hybridized carbons (Fsp3) is 0.292. The molecule has 0 unspecified atom stereocenters. The van der Waals surface area contributed by atoms with E-state index in [4.69, 9.17) is 9.15 Å². The van der Waals surface area contributed by atoms with Crippen LogP contribution in [0.1, 0.15) is 11.3 Å². The molecule has 0 bridgehead atoms. The number of piperazine rings is 1. The summed E-state index contributed by atoms with van der Waals surface area (Å²) >= 11 is 0. The Morgan fingerprint density at radius 1 is 0.867 bits per heavy atom. The smallest absolute Gasteiger partial charge is 0.262 e. The standard InChI is InChI=1S/C24H27N3O3/c28-24(19-30-22-5-2-1-3-6-22)25-21-10-8-20(9-11-21)17-26-12-14-27(15-13-26)18-23-7-4-16-29-23/h1-11,16H,12-15,17-19H2,(H,25,28). The van der Waals surface area contributed by atoms with Gasteiger partial charge in [-0.05, 0) is 42.0 Å². The summed E-state index contributed by atoms with van der Waals surface area (Å²) in [6.07, 6.45) is 1.73. The Morgan fingerprint density at radius 3 is 2.23 bits per heavy atom. The molecule has 30 heavy (non-hydrogen) atoms. The molecule has 6 heteroatoms. The number of benzene rings is 2. The van der Waals surface area contributed by atoms with E-state index in [2.05, 4.69) is 27.2 Å². The summed E-state index contributed by atoms with van der Waals surface area (Å²) in [5.74, 6) is 1.54. The van der Waals surface area contributed by atoms with Gasteiger partial charge in [0.2, 0.25) is 0 Å². The van der Waals surface area contributed by atoms with Crippen LogP contribution in [0.15, 0.2) is 77.4 Å². The van der Waals surface area contributed by atoms with Gasteiger partial charge in [0, 0.05) is 38.4 Å². The van der Waals surface area contributed by atoms with Gasteiger partial charge in [0.15, 0.2) is 6.61 Å². The monoisotopic (exact) mass is 405 g/mol. The first kappa shape index (κ1) is 20.2. The summed E-state index contributed by atoms with van der Waals surface area (Å²) in [5.41, 5.74) is 2.02. The van der Waals surface area contributed by atoms with Crippen molar-refractivity contribution in [3.63, 3.8) is 0 Å². The van der Waals surface area contributed by atoms with Crippen LogP contribution in [0.3, 0.4) is 0 Å². The van der Waals surface area contributed by atoms with Crippen LogP contribution in [0.2, 0.25) is 0 Å². The molecule has 1 aliphatic rings. The molecule has 6 nitrogen and oxygen atoms in total. The highest BCUT2D eigenvalue weighted by molar-refractivity contribution is 5.91. The number of furan rings is 1. The Balaban J connectivity index is 1.19. The van der Waals surface area contributed by atoms with E-state index in [1.165, 1.54) is 5.56 Å². The lowest BCUT2D eigenvalue weighted by molar-refractivity contribution is -0.118. The molecule has 1 aromatic heterocycles. The van der Waals surface area contributed by atoms with Crippen LogP contribution in [0, 0.1) is 0 Å². The summed E-state index contributed by atoms with van der Waals surface area (Å²) in [6.45, 7) is 5.94. The fourth-order valence-corrected chi connectivity index (χ4v) is 3.54. The second-order valence-electron chi connectivity index (χ2n) is 7.48. The number of nitrogens with zero attached hydrogens (tertiary/aromatic N) is 2. The lowest BCUT2D eigenvalue weighted by Gasteiger charge is -2.34. The molecule has 1 saturated heterocycles. The van der Waals surface area contributed by atoms with Crippen molar-refractivity contribution in [3.8, 4) is 5.75 Å². The van der Waals surface area contributed by atoms with Gasteiger partial charge < -0.3 is 14.5 Å². The molecule has 4 rings (SSSR count). The average molecular weight is 405 g/mol. The SMILES string of the molecule is O=C(COc1ccccc1)Nc1ccc(CN2CCN(Cc3ccco3)CC2)cc1. The first-order chi connectivity index (χ1) is 14.7.